The number of carbonyl (C=O) groups is 2. The second-order valence-corrected chi connectivity index (χ2v) is 12.7. The molecule has 0 spiro atoms. The molecule has 1 aromatic carbocycles. The van der Waals surface area contributed by atoms with E-state index >= 15 is 0 Å². The number of piperazine rings is 1. The number of amides is 2. The van der Waals surface area contributed by atoms with E-state index in [4.69, 9.17) is 16.3 Å². The minimum Gasteiger partial charge on any atom is -0.381 e. The van der Waals surface area contributed by atoms with Gasteiger partial charge in [-0.2, -0.15) is 0 Å². The number of fused-ring (bicyclic) bond motifs is 1. The number of halogens is 2. The van der Waals surface area contributed by atoms with E-state index in [9.17, 15) is 14.0 Å². The van der Waals surface area contributed by atoms with Gasteiger partial charge in [-0.05, 0) is 57.5 Å². The first-order valence-corrected chi connectivity index (χ1v) is 15.9. The summed E-state index contributed by atoms with van der Waals surface area (Å²) in [6.07, 6.45) is 7.87. The maximum absolute atomic E-state index is 14.0. The number of dihydropyridines is 1. The third-order valence-electron chi connectivity index (χ3n) is 9.34. The summed E-state index contributed by atoms with van der Waals surface area (Å²) in [5.41, 5.74) is 1.77. The molecule has 0 bridgehead atoms. The molecule has 11 nitrogen and oxygen atoms in total. The Hall–Kier alpha value is -3.58. The lowest BCUT2D eigenvalue weighted by atomic mass is 9.95. The summed E-state index contributed by atoms with van der Waals surface area (Å²) in [5.74, 6) is -0.418. The van der Waals surface area contributed by atoms with Gasteiger partial charge in [0.25, 0.3) is 5.91 Å². The van der Waals surface area contributed by atoms with Crippen LogP contribution < -0.4 is 16.0 Å². The number of hydrogen-bond acceptors (Lipinski definition) is 9. The molecule has 3 unspecified atom stereocenters. The van der Waals surface area contributed by atoms with E-state index < -0.39 is 17.7 Å². The summed E-state index contributed by atoms with van der Waals surface area (Å²) >= 11 is 6.52. The first-order chi connectivity index (χ1) is 21.6. The molecule has 0 radical (unpaired) electrons. The number of allylic oxidation sites excluding steroid dienone is 2. The third-order valence-corrected chi connectivity index (χ3v) is 9.62. The van der Waals surface area contributed by atoms with E-state index in [0.29, 0.717) is 47.6 Å². The van der Waals surface area contributed by atoms with Gasteiger partial charge in [0.05, 0.1) is 23.0 Å². The largest absolute Gasteiger partial charge is 0.381 e. The Morgan fingerprint density at radius 2 is 1.96 bits per heavy atom. The maximum Gasteiger partial charge on any atom is 0.255 e. The Bertz CT molecular complexity index is 1510. The average molecular weight is 639 g/mol. The summed E-state index contributed by atoms with van der Waals surface area (Å²) in [6.45, 7) is 8.55. The number of carbonyl (C=O) groups excluding carboxylic acids is 2. The first kappa shape index (κ1) is 31.4. The Balaban J connectivity index is 1.15. The molecule has 6 rings (SSSR count). The van der Waals surface area contributed by atoms with E-state index in [1.165, 1.54) is 12.3 Å². The van der Waals surface area contributed by atoms with Crippen LogP contribution in [-0.4, -0.2) is 107 Å². The van der Waals surface area contributed by atoms with Crippen molar-refractivity contribution >= 4 is 29.4 Å². The minimum atomic E-state index is -0.797. The highest BCUT2D eigenvalue weighted by molar-refractivity contribution is 6.33. The molecule has 13 heteroatoms. The monoisotopic (exact) mass is 638 g/mol. The number of nitrogens with one attached hydrogen (secondary N) is 3. The number of rotatable bonds is 8. The SMILES string of the molecule is CC(C(=O)NC(C)C1(N2CCN(C)CC2)C=CC(F)=CN1)N1Cc2ccc(-c3nc(NC4CCOCC4)ncc3Cl)cc2C1=O. The van der Waals surface area contributed by atoms with Gasteiger partial charge in [0.15, 0.2) is 0 Å². The Kier molecular flexibility index (Phi) is 9.10. The molecular formula is C32H40ClFN8O3. The van der Waals surface area contributed by atoms with Crippen molar-refractivity contribution in [1.82, 2.24) is 35.3 Å². The van der Waals surface area contributed by atoms with Crippen molar-refractivity contribution in [3.63, 3.8) is 0 Å². The molecule has 3 atom stereocenters. The van der Waals surface area contributed by atoms with Crippen LogP contribution in [0.25, 0.3) is 11.3 Å². The standard InChI is InChI=1S/C32H40ClFN8O3/c1-20(29(43)37-21(2)32(9-6-24(34)17-36-32)41-12-10-40(3)11-13-41)42-19-23-5-4-22(16-26(23)30(42)44)28-27(33)18-35-31(39-28)38-25-7-14-45-15-8-25/h4-6,9,16-18,20-21,25,36H,7-8,10-15,19H2,1-3H3,(H,37,43)(H,35,38,39). The third kappa shape index (κ3) is 6.42. The molecule has 3 N–H and O–H groups in total. The second-order valence-electron chi connectivity index (χ2n) is 12.3. The predicted octanol–water partition coefficient (Wildman–Crippen LogP) is 3.15. The number of hydrogen-bond donors (Lipinski definition) is 3. The van der Waals surface area contributed by atoms with Crippen molar-refractivity contribution in [1.29, 1.82) is 0 Å². The highest BCUT2D eigenvalue weighted by Gasteiger charge is 2.43. The van der Waals surface area contributed by atoms with Crippen molar-refractivity contribution in [2.75, 3.05) is 51.8 Å². The van der Waals surface area contributed by atoms with Crippen LogP contribution in [0.5, 0.6) is 0 Å². The minimum absolute atomic E-state index is 0.220. The Morgan fingerprint density at radius 1 is 1.20 bits per heavy atom. The van der Waals surface area contributed by atoms with Crippen LogP contribution in [0.3, 0.4) is 0 Å². The molecule has 2 amide bonds. The lowest BCUT2D eigenvalue weighted by Gasteiger charge is -2.50. The zero-order valence-electron chi connectivity index (χ0n) is 25.9. The summed E-state index contributed by atoms with van der Waals surface area (Å²) in [7, 11) is 2.07. The number of likely N-dealkylation sites (N-methyl/N-ethyl adjacent to an activating group) is 1. The lowest BCUT2D eigenvalue weighted by molar-refractivity contribution is -0.127. The fourth-order valence-electron chi connectivity index (χ4n) is 6.44. The molecule has 1 aromatic heterocycles. The molecular weight excluding hydrogens is 599 g/mol. The van der Waals surface area contributed by atoms with Crippen LogP contribution in [0.1, 0.15) is 42.6 Å². The zero-order valence-corrected chi connectivity index (χ0v) is 26.6. The summed E-state index contributed by atoms with van der Waals surface area (Å²) in [5, 5.41) is 10.1. The molecule has 0 aliphatic carbocycles. The van der Waals surface area contributed by atoms with Crippen LogP contribution in [0.15, 0.2) is 48.6 Å². The lowest BCUT2D eigenvalue weighted by Crippen LogP contribution is -2.70. The first-order valence-electron chi connectivity index (χ1n) is 15.5. The smallest absolute Gasteiger partial charge is 0.255 e. The molecule has 4 aliphatic rings. The van der Waals surface area contributed by atoms with Gasteiger partial charge in [-0.25, -0.2) is 14.4 Å². The molecule has 240 valence electrons. The van der Waals surface area contributed by atoms with Crippen LogP contribution in [0.4, 0.5) is 10.3 Å². The molecule has 4 aliphatic heterocycles. The average Bonchev–Trinajstić information content (AvgIpc) is 3.38. The van der Waals surface area contributed by atoms with Crippen molar-refractivity contribution < 1.29 is 18.7 Å². The number of benzene rings is 1. The molecule has 0 saturated carbocycles. The van der Waals surface area contributed by atoms with Gasteiger partial charge in [-0.1, -0.05) is 23.7 Å². The number of nitrogens with zero attached hydrogens (tertiary/aromatic N) is 5. The highest BCUT2D eigenvalue weighted by atomic mass is 35.5. The van der Waals surface area contributed by atoms with Crippen LogP contribution >= 0.6 is 11.6 Å². The van der Waals surface area contributed by atoms with Crippen LogP contribution in [0.2, 0.25) is 5.02 Å². The summed E-state index contributed by atoms with van der Waals surface area (Å²) in [6, 6.07) is 4.63. The Labute approximate surface area is 267 Å². The predicted molar refractivity (Wildman–Crippen MR) is 170 cm³/mol. The van der Waals surface area contributed by atoms with Crippen molar-refractivity contribution in [3.05, 3.63) is 64.7 Å². The van der Waals surface area contributed by atoms with E-state index in [1.54, 1.807) is 30.2 Å². The summed E-state index contributed by atoms with van der Waals surface area (Å²) in [4.78, 5) is 42.4. The van der Waals surface area contributed by atoms with Crippen LogP contribution in [-0.2, 0) is 16.1 Å². The van der Waals surface area contributed by atoms with Crippen LogP contribution in [0, 0.1) is 0 Å². The van der Waals surface area contributed by atoms with Gasteiger partial charge in [-0.3, -0.25) is 14.5 Å². The van der Waals surface area contributed by atoms with Crippen molar-refractivity contribution in [3.8, 4) is 11.3 Å². The van der Waals surface area contributed by atoms with E-state index in [0.717, 1.165) is 44.6 Å². The fourth-order valence-corrected chi connectivity index (χ4v) is 6.64. The van der Waals surface area contributed by atoms with Crippen molar-refractivity contribution in [2.45, 2.75) is 57.0 Å². The van der Waals surface area contributed by atoms with Gasteiger partial charge >= 0.3 is 0 Å². The van der Waals surface area contributed by atoms with E-state index in [1.807, 2.05) is 19.1 Å². The molecule has 45 heavy (non-hydrogen) atoms. The molecule has 2 fully saturated rings. The zero-order chi connectivity index (χ0) is 31.7. The van der Waals surface area contributed by atoms with Gasteiger partial charge in [-0.15, -0.1) is 0 Å². The number of ether oxygens (including phenoxy) is 1. The second kappa shape index (κ2) is 13.0. The normalized spacial score (nSPS) is 24.1. The van der Waals surface area contributed by atoms with E-state index in [2.05, 4.69) is 42.8 Å². The topological polar surface area (TPSA) is 115 Å². The number of anilines is 1. The molecule has 5 heterocycles. The van der Waals surface area contributed by atoms with Gasteiger partial charge < -0.3 is 30.5 Å². The quantitative estimate of drug-likeness (QED) is 0.401. The maximum atomic E-state index is 14.0. The van der Waals surface area contributed by atoms with Gasteiger partial charge in [0.1, 0.15) is 17.5 Å². The molecule has 2 saturated heterocycles. The number of aromatic nitrogens is 2. The van der Waals surface area contributed by atoms with Crippen molar-refractivity contribution in [2.24, 2.45) is 0 Å². The molecule has 2 aromatic rings. The van der Waals surface area contributed by atoms with Gasteiger partial charge in [0.2, 0.25) is 11.9 Å². The fraction of sp³-hybridized carbons (Fsp3) is 0.500. The Morgan fingerprint density at radius 3 is 2.67 bits per heavy atom. The highest BCUT2D eigenvalue weighted by Crippen LogP contribution is 2.33. The van der Waals surface area contributed by atoms with E-state index in [-0.39, 0.29) is 23.7 Å². The van der Waals surface area contributed by atoms with Gasteiger partial charge in [0, 0.05) is 69.3 Å². The summed E-state index contributed by atoms with van der Waals surface area (Å²) < 4.78 is 19.4.